The van der Waals surface area contributed by atoms with E-state index >= 15 is 0 Å². The minimum atomic E-state index is -0.140. The summed E-state index contributed by atoms with van der Waals surface area (Å²) in [7, 11) is 0. The van der Waals surface area contributed by atoms with Crippen molar-refractivity contribution in [3.63, 3.8) is 0 Å². The molecule has 2 aromatic rings. The monoisotopic (exact) mass is 222 g/mol. The lowest BCUT2D eigenvalue weighted by Gasteiger charge is -2.03. The second-order valence-electron chi connectivity index (χ2n) is 3.11. The van der Waals surface area contributed by atoms with Gasteiger partial charge in [0.15, 0.2) is 5.13 Å². The summed E-state index contributed by atoms with van der Waals surface area (Å²) >= 11 is 1.55. The molecule has 0 saturated heterocycles. The molecular formula is C11H11FN2S. The van der Waals surface area contributed by atoms with Crippen LogP contribution in [0.1, 0.15) is 5.56 Å². The average Bonchev–Trinajstić information content (AvgIpc) is 2.74. The molecule has 0 bridgehead atoms. The summed E-state index contributed by atoms with van der Waals surface area (Å²) in [5, 5.41) is 5.93. The number of hydrogen-bond acceptors (Lipinski definition) is 3. The van der Waals surface area contributed by atoms with Crippen molar-refractivity contribution in [2.45, 2.75) is 6.42 Å². The van der Waals surface area contributed by atoms with E-state index in [2.05, 4.69) is 10.3 Å². The van der Waals surface area contributed by atoms with Crippen LogP contribution in [0.5, 0.6) is 0 Å². The first-order chi connectivity index (χ1) is 7.36. The maximum absolute atomic E-state index is 13.2. The lowest BCUT2D eigenvalue weighted by Crippen LogP contribution is -2.05. The molecule has 0 spiro atoms. The van der Waals surface area contributed by atoms with Gasteiger partial charge in [-0.3, -0.25) is 0 Å². The fraction of sp³-hybridized carbons (Fsp3) is 0.182. The third-order valence-corrected chi connectivity index (χ3v) is 2.79. The molecule has 0 aliphatic rings. The van der Waals surface area contributed by atoms with Gasteiger partial charge in [0.2, 0.25) is 0 Å². The van der Waals surface area contributed by atoms with Crippen LogP contribution in [0.3, 0.4) is 0 Å². The number of thiazole rings is 1. The van der Waals surface area contributed by atoms with Crippen LogP contribution < -0.4 is 5.32 Å². The summed E-state index contributed by atoms with van der Waals surface area (Å²) in [6.45, 7) is 0.703. The molecule has 1 heterocycles. The van der Waals surface area contributed by atoms with Crippen molar-refractivity contribution in [3.8, 4) is 0 Å². The highest BCUT2D eigenvalue weighted by atomic mass is 32.1. The Morgan fingerprint density at radius 1 is 1.33 bits per heavy atom. The predicted octanol–water partition coefficient (Wildman–Crippen LogP) is 2.94. The van der Waals surface area contributed by atoms with Crippen molar-refractivity contribution in [2.24, 2.45) is 0 Å². The summed E-state index contributed by atoms with van der Waals surface area (Å²) in [6, 6.07) is 6.84. The summed E-state index contributed by atoms with van der Waals surface area (Å²) in [5.74, 6) is -0.140. The van der Waals surface area contributed by atoms with E-state index in [0.717, 1.165) is 10.7 Å². The molecule has 0 amide bonds. The van der Waals surface area contributed by atoms with Crippen LogP contribution in [0.2, 0.25) is 0 Å². The van der Waals surface area contributed by atoms with E-state index in [1.165, 1.54) is 6.07 Å². The lowest BCUT2D eigenvalue weighted by atomic mass is 10.1. The molecule has 4 heteroatoms. The van der Waals surface area contributed by atoms with E-state index in [0.29, 0.717) is 13.0 Å². The van der Waals surface area contributed by atoms with Gasteiger partial charge in [-0.15, -0.1) is 11.3 Å². The standard InChI is InChI=1S/C11H11FN2S/c12-10-4-2-1-3-9(10)5-6-13-11-14-7-8-15-11/h1-4,7-8H,5-6H2,(H,13,14). The van der Waals surface area contributed by atoms with Crippen molar-refractivity contribution in [1.29, 1.82) is 0 Å². The van der Waals surface area contributed by atoms with Crippen LogP contribution in [0.15, 0.2) is 35.8 Å². The van der Waals surface area contributed by atoms with Gasteiger partial charge in [-0.2, -0.15) is 0 Å². The van der Waals surface area contributed by atoms with Crippen LogP contribution in [0.4, 0.5) is 9.52 Å². The van der Waals surface area contributed by atoms with Crippen LogP contribution >= 0.6 is 11.3 Å². The average molecular weight is 222 g/mol. The molecule has 1 N–H and O–H groups in total. The van der Waals surface area contributed by atoms with Crippen LogP contribution in [0, 0.1) is 5.82 Å². The Bertz CT molecular complexity index is 414. The van der Waals surface area contributed by atoms with Gasteiger partial charge in [-0.1, -0.05) is 18.2 Å². The number of anilines is 1. The van der Waals surface area contributed by atoms with Gasteiger partial charge >= 0.3 is 0 Å². The third kappa shape index (κ3) is 2.76. The first-order valence-electron chi connectivity index (χ1n) is 4.73. The predicted molar refractivity (Wildman–Crippen MR) is 60.7 cm³/mol. The fourth-order valence-electron chi connectivity index (χ4n) is 1.32. The van der Waals surface area contributed by atoms with E-state index in [9.17, 15) is 4.39 Å². The van der Waals surface area contributed by atoms with E-state index in [1.54, 1.807) is 29.7 Å². The summed E-state index contributed by atoms with van der Waals surface area (Å²) < 4.78 is 13.2. The van der Waals surface area contributed by atoms with E-state index in [4.69, 9.17) is 0 Å². The molecule has 0 unspecified atom stereocenters. The smallest absolute Gasteiger partial charge is 0.182 e. The maximum Gasteiger partial charge on any atom is 0.182 e. The molecule has 2 nitrogen and oxygen atoms in total. The number of rotatable bonds is 4. The highest BCUT2D eigenvalue weighted by Gasteiger charge is 2.00. The molecule has 0 aliphatic heterocycles. The molecule has 1 aromatic heterocycles. The van der Waals surface area contributed by atoms with Crippen LogP contribution in [-0.4, -0.2) is 11.5 Å². The van der Waals surface area contributed by atoms with Crippen molar-refractivity contribution in [3.05, 3.63) is 47.2 Å². The van der Waals surface area contributed by atoms with Gasteiger partial charge in [-0.25, -0.2) is 9.37 Å². The van der Waals surface area contributed by atoms with Gasteiger partial charge in [-0.05, 0) is 18.1 Å². The fourth-order valence-corrected chi connectivity index (χ4v) is 1.87. The summed E-state index contributed by atoms with van der Waals surface area (Å²) in [5.41, 5.74) is 0.738. The zero-order chi connectivity index (χ0) is 10.5. The molecule has 0 fully saturated rings. The van der Waals surface area contributed by atoms with Gasteiger partial charge in [0.1, 0.15) is 5.82 Å². The highest BCUT2D eigenvalue weighted by Crippen LogP contribution is 2.11. The molecule has 2 rings (SSSR count). The number of hydrogen-bond donors (Lipinski definition) is 1. The lowest BCUT2D eigenvalue weighted by molar-refractivity contribution is 0.610. The topological polar surface area (TPSA) is 24.9 Å². The zero-order valence-electron chi connectivity index (χ0n) is 8.11. The molecule has 78 valence electrons. The zero-order valence-corrected chi connectivity index (χ0v) is 8.93. The van der Waals surface area contributed by atoms with Crippen molar-refractivity contribution in [1.82, 2.24) is 4.98 Å². The third-order valence-electron chi connectivity index (χ3n) is 2.06. The van der Waals surface area contributed by atoms with Gasteiger partial charge in [0.05, 0.1) is 0 Å². The molecule has 0 atom stereocenters. The van der Waals surface area contributed by atoms with Gasteiger partial charge in [0, 0.05) is 18.1 Å². The normalized spacial score (nSPS) is 10.2. The number of benzene rings is 1. The Labute approximate surface area is 91.8 Å². The van der Waals surface area contributed by atoms with Crippen molar-refractivity contribution >= 4 is 16.5 Å². The van der Waals surface area contributed by atoms with Crippen LogP contribution in [0.25, 0.3) is 0 Å². The molecule has 0 aliphatic carbocycles. The van der Waals surface area contributed by atoms with Crippen LogP contribution in [-0.2, 0) is 6.42 Å². The minimum Gasteiger partial charge on any atom is -0.361 e. The molecule has 0 saturated carbocycles. The molecule has 0 radical (unpaired) electrons. The number of halogens is 1. The number of nitrogens with one attached hydrogen (secondary N) is 1. The SMILES string of the molecule is Fc1ccccc1CCNc1nccs1. The first-order valence-corrected chi connectivity index (χ1v) is 5.61. The summed E-state index contributed by atoms with van der Waals surface area (Å²) in [4.78, 5) is 4.08. The Morgan fingerprint density at radius 2 is 2.20 bits per heavy atom. The van der Waals surface area contributed by atoms with Crippen molar-refractivity contribution in [2.75, 3.05) is 11.9 Å². The molecular weight excluding hydrogens is 211 g/mol. The largest absolute Gasteiger partial charge is 0.361 e. The maximum atomic E-state index is 13.2. The van der Waals surface area contributed by atoms with E-state index < -0.39 is 0 Å². The quantitative estimate of drug-likeness (QED) is 0.860. The summed E-state index contributed by atoms with van der Waals surface area (Å²) in [6.07, 6.45) is 2.42. The van der Waals surface area contributed by atoms with E-state index in [1.807, 2.05) is 11.4 Å². The van der Waals surface area contributed by atoms with Gasteiger partial charge < -0.3 is 5.32 Å². The molecule has 1 aromatic carbocycles. The highest BCUT2D eigenvalue weighted by molar-refractivity contribution is 7.13. The first kappa shape index (κ1) is 10.1. The number of aromatic nitrogens is 1. The Morgan fingerprint density at radius 3 is 2.93 bits per heavy atom. The minimum absolute atomic E-state index is 0.140. The Balaban J connectivity index is 1.86. The van der Waals surface area contributed by atoms with Gasteiger partial charge in [0.25, 0.3) is 0 Å². The molecule has 15 heavy (non-hydrogen) atoms. The second kappa shape index (κ2) is 4.89. The van der Waals surface area contributed by atoms with E-state index in [-0.39, 0.29) is 5.82 Å². The Kier molecular flexibility index (Phi) is 3.29. The van der Waals surface area contributed by atoms with Crippen molar-refractivity contribution < 1.29 is 4.39 Å². The Hall–Kier alpha value is -1.42. The number of nitrogens with zero attached hydrogens (tertiary/aromatic N) is 1. The second-order valence-corrected chi connectivity index (χ2v) is 4.00.